The van der Waals surface area contributed by atoms with Gasteiger partial charge in [0.2, 0.25) is 35.4 Å². The third-order valence-corrected chi connectivity index (χ3v) is 12.7. The molecule has 8 fully saturated rings. The van der Waals surface area contributed by atoms with Gasteiger partial charge < -0.3 is 37.4 Å². The molecule has 8 saturated carbocycles. The van der Waals surface area contributed by atoms with Crippen molar-refractivity contribution in [2.24, 2.45) is 52.1 Å². The number of aliphatic carboxylic acids is 1. The number of carboxylic acid groups (broad SMARTS) is 1. The van der Waals surface area contributed by atoms with Crippen LogP contribution in [0, 0.1) is 46.3 Å². The lowest BCUT2D eigenvalue weighted by atomic mass is 9.46. The molecule has 4 unspecified atom stereocenters. The average Bonchev–Trinajstić information content (AvgIpc) is 3.00. The molecule has 14 heteroatoms. The average molecular weight is 699 g/mol. The molecule has 0 aromatic rings. The smallest absolute Gasteiger partial charge is 0.305 e. The van der Waals surface area contributed by atoms with Crippen LogP contribution < -0.4 is 32.3 Å². The molecule has 0 aromatic carbocycles. The monoisotopic (exact) mass is 698 g/mol. The lowest BCUT2D eigenvalue weighted by molar-refractivity contribution is -0.151. The van der Waals surface area contributed by atoms with Gasteiger partial charge in [0.25, 0.3) is 0 Å². The van der Waals surface area contributed by atoms with Crippen LogP contribution in [0.5, 0.6) is 0 Å². The lowest BCUT2D eigenvalue weighted by Gasteiger charge is -2.61. The molecule has 0 saturated heterocycles. The highest BCUT2D eigenvalue weighted by atomic mass is 16.4. The third-order valence-electron chi connectivity index (χ3n) is 12.7. The number of carboxylic acids is 1. The molecule has 276 valence electrons. The Morgan fingerprint density at radius 2 is 1.22 bits per heavy atom. The SMILES string of the molecule is CC(C)CC(NC(=O)CNC(=O)CNC(=O)C(CC(=O)O)NC(=O)C12CC3CC(CC(C3)C1)C2)C(=O)NC12CC3CC(C1)CC(C(N)=O)(C3)C2. The predicted octanol–water partition coefficient (Wildman–Crippen LogP) is 0.866. The molecule has 0 spiro atoms. The highest BCUT2D eigenvalue weighted by molar-refractivity contribution is 5.95. The molecule has 50 heavy (non-hydrogen) atoms. The summed E-state index contributed by atoms with van der Waals surface area (Å²) in [7, 11) is 0. The molecule has 8 aliphatic carbocycles. The van der Waals surface area contributed by atoms with E-state index in [-0.39, 0.29) is 23.6 Å². The van der Waals surface area contributed by atoms with Crippen LogP contribution in [-0.2, 0) is 33.6 Å². The van der Waals surface area contributed by atoms with E-state index in [4.69, 9.17) is 5.73 Å². The van der Waals surface area contributed by atoms with Gasteiger partial charge in [-0.3, -0.25) is 33.6 Å². The Balaban J connectivity index is 0.981. The van der Waals surface area contributed by atoms with E-state index in [9.17, 15) is 38.7 Å². The van der Waals surface area contributed by atoms with Crippen molar-refractivity contribution < 1.29 is 38.7 Å². The molecular formula is C36H54N6O8. The fourth-order valence-corrected chi connectivity index (χ4v) is 11.6. The molecule has 8 aliphatic rings. The maximum atomic E-state index is 13.6. The summed E-state index contributed by atoms with van der Waals surface area (Å²) in [5, 5.41) is 22.9. The number of primary amides is 1. The second-order valence-corrected chi connectivity index (χ2v) is 17.4. The van der Waals surface area contributed by atoms with Gasteiger partial charge in [-0.1, -0.05) is 13.8 Å². The summed E-state index contributed by atoms with van der Waals surface area (Å²) in [6, 6.07) is -2.20. The van der Waals surface area contributed by atoms with E-state index in [1.54, 1.807) is 0 Å². The van der Waals surface area contributed by atoms with Crippen LogP contribution in [0.1, 0.15) is 104 Å². The van der Waals surface area contributed by atoms with Crippen molar-refractivity contribution in [2.75, 3.05) is 13.1 Å². The summed E-state index contributed by atoms with van der Waals surface area (Å²) >= 11 is 0. The summed E-state index contributed by atoms with van der Waals surface area (Å²) in [4.78, 5) is 89.7. The fourth-order valence-electron chi connectivity index (χ4n) is 11.6. The van der Waals surface area contributed by atoms with Crippen molar-refractivity contribution in [1.29, 1.82) is 0 Å². The van der Waals surface area contributed by atoms with Crippen molar-refractivity contribution >= 4 is 41.4 Å². The van der Waals surface area contributed by atoms with Crippen LogP contribution in [0.3, 0.4) is 0 Å². The van der Waals surface area contributed by atoms with E-state index >= 15 is 0 Å². The molecule has 8 N–H and O–H groups in total. The maximum absolute atomic E-state index is 13.6. The van der Waals surface area contributed by atoms with E-state index in [1.807, 2.05) is 13.8 Å². The molecule has 0 aliphatic heterocycles. The van der Waals surface area contributed by atoms with Gasteiger partial charge in [-0.25, -0.2) is 0 Å². The predicted molar refractivity (Wildman–Crippen MR) is 179 cm³/mol. The Morgan fingerprint density at radius 1 is 0.680 bits per heavy atom. The van der Waals surface area contributed by atoms with Crippen molar-refractivity contribution in [3.05, 3.63) is 0 Å². The van der Waals surface area contributed by atoms with Crippen LogP contribution in [0.25, 0.3) is 0 Å². The molecule has 6 amide bonds. The zero-order valence-corrected chi connectivity index (χ0v) is 29.3. The summed E-state index contributed by atoms with van der Waals surface area (Å²) in [6.45, 7) is 2.90. The minimum atomic E-state index is -1.34. The zero-order valence-electron chi connectivity index (χ0n) is 29.3. The Morgan fingerprint density at radius 3 is 1.76 bits per heavy atom. The number of nitrogens with two attached hydrogens (primary N) is 1. The maximum Gasteiger partial charge on any atom is 0.305 e. The molecule has 4 atom stereocenters. The zero-order chi connectivity index (χ0) is 36.0. The number of nitrogens with one attached hydrogen (secondary N) is 5. The highest BCUT2D eigenvalue weighted by Gasteiger charge is 2.61. The Kier molecular flexibility index (Phi) is 9.95. The number of hydrogen-bond acceptors (Lipinski definition) is 7. The second-order valence-electron chi connectivity index (χ2n) is 17.4. The van der Waals surface area contributed by atoms with Crippen molar-refractivity contribution in [3.8, 4) is 0 Å². The molecular weight excluding hydrogens is 644 g/mol. The standard InChI is InChI=1S/C36H54N6O8/c1-19(2)3-25(31(48)42-36-14-23-7-24(15-36)13-35(12-23,18-36)32(37)49)40-28(44)17-38-27(43)16-39-30(47)26(8-29(45)46)41-33(50)34-9-20-4-21(10-34)6-22(5-20)11-34/h19-26H,3-18H2,1-2H3,(H2,37,49)(H,38,43)(H,39,47)(H,40,44)(H,41,50)(H,42,48)(H,45,46). The topological polar surface area (TPSA) is 226 Å². The first-order valence-electron chi connectivity index (χ1n) is 18.5. The number of carbonyl (C=O) groups excluding carboxylic acids is 6. The van der Waals surface area contributed by atoms with E-state index in [0.29, 0.717) is 42.4 Å². The first-order valence-corrected chi connectivity index (χ1v) is 18.5. The summed E-state index contributed by atoms with van der Waals surface area (Å²) < 4.78 is 0. The third kappa shape index (κ3) is 7.63. The number of rotatable bonds is 15. The Labute approximate surface area is 292 Å². The van der Waals surface area contributed by atoms with Crippen molar-refractivity contribution in [3.63, 3.8) is 0 Å². The van der Waals surface area contributed by atoms with Crippen molar-refractivity contribution in [1.82, 2.24) is 26.6 Å². The van der Waals surface area contributed by atoms with E-state index < -0.39 is 71.7 Å². The molecule has 0 heterocycles. The minimum absolute atomic E-state index is 0.0753. The fraction of sp³-hybridized carbons (Fsp3) is 0.806. The van der Waals surface area contributed by atoms with Gasteiger partial charge in [-0.05, 0) is 119 Å². The van der Waals surface area contributed by atoms with Crippen LogP contribution in [0.2, 0.25) is 0 Å². The molecule has 8 rings (SSSR count). The van der Waals surface area contributed by atoms with E-state index in [2.05, 4.69) is 26.6 Å². The number of hydrogen-bond donors (Lipinski definition) is 7. The van der Waals surface area contributed by atoms with Gasteiger partial charge in [-0.15, -0.1) is 0 Å². The second kappa shape index (κ2) is 13.8. The van der Waals surface area contributed by atoms with Gasteiger partial charge in [-0.2, -0.15) is 0 Å². The van der Waals surface area contributed by atoms with Crippen LogP contribution in [0.4, 0.5) is 0 Å². The number of carbonyl (C=O) groups is 7. The first kappa shape index (κ1) is 36.1. The van der Waals surface area contributed by atoms with Gasteiger partial charge in [0.15, 0.2) is 0 Å². The minimum Gasteiger partial charge on any atom is -0.481 e. The highest BCUT2D eigenvalue weighted by Crippen LogP contribution is 2.62. The van der Waals surface area contributed by atoms with Gasteiger partial charge in [0.1, 0.15) is 12.1 Å². The van der Waals surface area contributed by atoms with Crippen LogP contribution in [-0.4, -0.2) is 77.2 Å². The van der Waals surface area contributed by atoms with Crippen LogP contribution >= 0.6 is 0 Å². The lowest BCUT2D eigenvalue weighted by Crippen LogP contribution is -2.67. The molecule has 0 aromatic heterocycles. The van der Waals surface area contributed by atoms with Gasteiger partial charge >= 0.3 is 5.97 Å². The first-order chi connectivity index (χ1) is 23.6. The van der Waals surface area contributed by atoms with E-state index in [1.165, 1.54) is 0 Å². The molecule has 0 radical (unpaired) electrons. The van der Waals surface area contributed by atoms with Gasteiger partial charge in [0, 0.05) is 11.0 Å². The Bertz CT molecular complexity index is 1380. The molecule has 8 bridgehead atoms. The molecule has 14 nitrogen and oxygen atoms in total. The summed E-state index contributed by atoms with van der Waals surface area (Å²) in [6.07, 6.45) is 10.1. The van der Waals surface area contributed by atoms with Crippen molar-refractivity contribution in [2.45, 2.75) is 121 Å². The van der Waals surface area contributed by atoms with E-state index in [0.717, 1.165) is 70.6 Å². The quantitative estimate of drug-likeness (QED) is 0.130. The van der Waals surface area contributed by atoms with Gasteiger partial charge in [0.05, 0.1) is 24.9 Å². The largest absolute Gasteiger partial charge is 0.481 e. The summed E-state index contributed by atoms with van der Waals surface area (Å²) in [5.74, 6) is -2.02. The number of amides is 6. The normalized spacial score (nSPS) is 35.5. The Hall–Kier alpha value is -3.71. The van der Waals surface area contributed by atoms with Crippen LogP contribution in [0.15, 0.2) is 0 Å². The summed E-state index contributed by atoms with van der Waals surface area (Å²) in [5.41, 5.74) is 4.17.